The van der Waals surface area contributed by atoms with Gasteiger partial charge in [-0.05, 0) is 49.9 Å². The lowest BCUT2D eigenvalue weighted by Crippen LogP contribution is -2.49. The number of carbonyl (C=O) groups excluding carboxylic acids is 2. The molecule has 6 nitrogen and oxygen atoms in total. The molecule has 0 aliphatic carbocycles. The number of amides is 2. The molecule has 2 amide bonds. The van der Waals surface area contributed by atoms with Gasteiger partial charge in [-0.25, -0.2) is 0 Å². The lowest BCUT2D eigenvalue weighted by molar-refractivity contribution is -0.138. The third-order valence-corrected chi connectivity index (χ3v) is 5.60. The first-order chi connectivity index (χ1) is 13.8. The van der Waals surface area contributed by atoms with E-state index in [2.05, 4.69) is 5.32 Å². The Hall–Kier alpha value is -2.89. The van der Waals surface area contributed by atoms with Crippen molar-refractivity contribution in [3.05, 3.63) is 48.0 Å². The summed E-state index contributed by atoms with van der Waals surface area (Å²) in [5.74, 6) is -1.08. The molecule has 1 aliphatic rings. The highest BCUT2D eigenvalue weighted by Gasteiger charge is 2.31. The van der Waals surface area contributed by atoms with Crippen LogP contribution in [0.1, 0.15) is 49.9 Å². The normalized spacial score (nSPS) is 15.3. The number of carbonyl (C=O) groups is 3. The number of carboxylic acids is 1. The van der Waals surface area contributed by atoms with E-state index in [1.165, 1.54) is 0 Å². The summed E-state index contributed by atoms with van der Waals surface area (Å²) >= 11 is 0. The van der Waals surface area contributed by atoms with Crippen LogP contribution in [0.25, 0.3) is 10.8 Å². The van der Waals surface area contributed by atoms with E-state index in [1.807, 2.05) is 61.2 Å². The SMILES string of the molecule is CC(C)(CCC(=O)O)NC(=O)C1CCN(C(=O)c2cccc3ccccc23)CC1. The Labute approximate surface area is 170 Å². The van der Waals surface area contributed by atoms with Gasteiger partial charge in [-0.1, -0.05) is 36.4 Å². The summed E-state index contributed by atoms with van der Waals surface area (Å²) in [6.07, 6.45) is 1.62. The van der Waals surface area contributed by atoms with E-state index in [4.69, 9.17) is 5.11 Å². The van der Waals surface area contributed by atoms with Crippen LogP contribution in [0.5, 0.6) is 0 Å². The molecule has 29 heavy (non-hydrogen) atoms. The molecule has 0 bridgehead atoms. The maximum Gasteiger partial charge on any atom is 0.303 e. The van der Waals surface area contributed by atoms with Gasteiger partial charge in [-0.15, -0.1) is 0 Å². The minimum absolute atomic E-state index is 0.00227. The van der Waals surface area contributed by atoms with Crippen molar-refractivity contribution in [1.29, 1.82) is 0 Å². The molecule has 2 aromatic carbocycles. The predicted octanol–water partition coefficient (Wildman–Crippen LogP) is 3.45. The summed E-state index contributed by atoms with van der Waals surface area (Å²) < 4.78 is 0. The number of aliphatic carboxylic acids is 1. The molecule has 3 rings (SSSR count). The average Bonchev–Trinajstić information content (AvgIpc) is 2.71. The first-order valence-electron chi connectivity index (χ1n) is 10.1. The number of nitrogens with zero attached hydrogens (tertiary/aromatic N) is 1. The molecule has 0 spiro atoms. The Bertz CT molecular complexity index is 909. The van der Waals surface area contributed by atoms with Crippen LogP contribution < -0.4 is 5.32 Å². The third-order valence-electron chi connectivity index (χ3n) is 5.60. The zero-order valence-corrected chi connectivity index (χ0v) is 17.0. The van der Waals surface area contributed by atoms with Crippen molar-refractivity contribution in [3.8, 4) is 0 Å². The second-order valence-electron chi connectivity index (χ2n) is 8.36. The van der Waals surface area contributed by atoms with Crippen LogP contribution in [0, 0.1) is 5.92 Å². The molecule has 2 N–H and O–H groups in total. The van der Waals surface area contributed by atoms with Gasteiger partial charge < -0.3 is 15.3 Å². The van der Waals surface area contributed by atoms with E-state index >= 15 is 0 Å². The van der Waals surface area contributed by atoms with Crippen molar-refractivity contribution in [3.63, 3.8) is 0 Å². The zero-order chi connectivity index (χ0) is 21.0. The smallest absolute Gasteiger partial charge is 0.303 e. The van der Waals surface area contributed by atoms with Crippen molar-refractivity contribution in [2.24, 2.45) is 5.92 Å². The Kier molecular flexibility index (Phi) is 6.20. The number of piperidine rings is 1. The lowest BCUT2D eigenvalue weighted by atomic mass is 9.92. The fourth-order valence-corrected chi connectivity index (χ4v) is 3.84. The number of likely N-dealkylation sites (tertiary alicyclic amines) is 1. The summed E-state index contributed by atoms with van der Waals surface area (Å²) in [6.45, 7) is 4.76. The number of hydrogen-bond acceptors (Lipinski definition) is 3. The molecule has 1 aliphatic heterocycles. The topological polar surface area (TPSA) is 86.7 Å². The number of rotatable bonds is 6. The molecule has 1 fully saturated rings. The molecule has 2 aromatic rings. The van der Waals surface area contributed by atoms with Gasteiger partial charge >= 0.3 is 5.97 Å². The van der Waals surface area contributed by atoms with Crippen molar-refractivity contribution in [1.82, 2.24) is 10.2 Å². The maximum absolute atomic E-state index is 13.0. The Balaban J connectivity index is 1.59. The van der Waals surface area contributed by atoms with E-state index in [0.29, 0.717) is 37.9 Å². The second-order valence-corrected chi connectivity index (χ2v) is 8.36. The average molecular weight is 396 g/mol. The van der Waals surface area contributed by atoms with E-state index in [1.54, 1.807) is 0 Å². The Morgan fingerprint density at radius 3 is 2.41 bits per heavy atom. The maximum atomic E-state index is 13.0. The summed E-state index contributed by atoms with van der Waals surface area (Å²) in [5.41, 5.74) is 0.131. The van der Waals surface area contributed by atoms with Gasteiger partial charge in [0.1, 0.15) is 0 Å². The fourth-order valence-electron chi connectivity index (χ4n) is 3.84. The van der Waals surface area contributed by atoms with Crippen molar-refractivity contribution in [2.75, 3.05) is 13.1 Å². The molecule has 0 aromatic heterocycles. The van der Waals surface area contributed by atoms with Gasteiger partial charge in [0.15, 0.2) is 0 Å². The second kappa shape index (κ2) is 8.64. The summed E-state index contributed by atoms with van der Waals surface area (Å²) in [7, 11) is 0. The Morgan fingerprint density at radius 2 is 1.72 bits per heavy atom. The number of carboxylic acid groups (broad SMARTS) is 1. The summed E-state index contributed by atoms with van der Waals surface area (Å²) in [5, 5.41) is 13.8. The summed E-state index contributed by atoms with van der Waals surface area (Å²) in [4.78, 5) is 38.3. The molecule has 0 radical (unpaired) electrons. The number of fused-ring (bicyclic) bond motifs is 1. The van der Waals surface area contributed by atoms with Crippen LogP contribution in [-0.4, -0.2) is 46.4 Å². The highest BCUT2D eigenvalue weighted by molar-refractivity contribution is 6.07. The molecule has 0 unspecified atom stereocenters. The van der Waals surface area contributed by atoms with Crippen LogP contribution in [-0.2, 0) is 9.59 Å². The summed E-state index contributed by atoms with van der Waals surface area (Å²) in [6, 6.07) is 13.6. The zero-order valence-electron chi connectivity index (χ0n) is 17.0. The highest BCUT2D eigenvalue weighted by Crippen LogP contribution is 2.24. The van der Waals surface area contributed by atoms with Gasteiger partial charge in [-0.3, -0.25) is 14.4 Å². The molecule has 1 saturated heterocycles. The van der Waals surface area contributed by atoms with Gasteiger partial charge in [0, 0.05) is 36.5 Å². The Morgan fingerprint density at radius 1 is 1.07 bits per heavy atom. The van der Waals surface area contributed by atoms with Crippen molar-refractivity contribution >= 4 is 28.6 Å². The van der Waals surface area contributed by atoms with E-state index in [9.17, 15) is 14.4 Å². The first kappa shape index (κ1) is 20.8. The quantitative estimate of drug-likeness (QED) is 0.783. The standard InChI is InChI=1S/C23H28N2O4/c1-23(2,13-10-20(26)27)24-21(28)17-11-14-25(15-12-17)22(29)19-9-5-7-16-6-3-4-8-18(16)19/h3-9,17H,10-15H2,1-2H3,(H,24,28)(H,26,27). The van der Waals surface area contributed by atoms with Crippen LogP contribution in [0.2, 0.25) is 0 Å². The molecule has 6 heteroatoms. The van der Waals surface area contributed by atoms with Crippen molar-refractivity contribution < 1.29 is 19.5 Å². The minimum atomic E-state index is -0.868. The largest absolute Gasteiger partial charge is 0.481 e. The van der Waals surface area contributed by atoms with Crippen LogP contribution in [0.3, 0.4) is 0 Å². The van der Waals surface area contributed by atoms with Gasteiger partial charge in [0.25, 0.3) is 5.91 Å². The highest BCUT2D eigenvalue weighted by atomic mass is 16.4. The fraction of sp³-hybridized carbons (Fsp3) is 0.435. The molecule has 0 saturated carbocycles. The molecule has 154 valence electrons. The van der Waals surface area contributed by atoms with Gasteiger partial charge in [-0.2, -0.15) is 0 Å². The van der Waals surface area contributed by atoms with Gasteiger partial charge in [0.05, 0.1) is 0 Å². The van der Waals surface area contributed by atoms with Crippen molar-refractivity contribution in [2.45, 2.75) is 45.1 Å². The molecule has 0 atom stereocenters. The minimum Gasteiger partial charge on any atom is -0.481 e. The molecular formula is C23H28N2O4. The number of benzene rings is 2. The monoisotopic (exact) mass is 396 g/mol. The first-order valence-corrected chi connectivity index (χ1v) is 10.1. The van der Waals surface area contributed by atoms with Crippen LogP contribution in [0.15, 0.2) is 42.5 Å². The van der Waals surface area contributed by atoms with Crippen LogP contribution in [0.4, 0.5) is 0 Å². The predicted molar refractivity (Wildman–Crippen MR) is 112 cm³/mol. The number of hydrogen-bond donors (Lipinski definition) is 2. The molecular weight excluding hydrogens is 368 g/mol. The van der Waals surface area contributed by atoms with E-state index in [-0.39, 0.29) is 24.2 Å². The van der Waals surface area contributed by atoms with E-state index in [0.717, 1.165) is 10.8 Å². The van der Waals surface area contributed by atoms with Gasteiger partial charge in [0.2, 0.25) is 5.91 Å². The van der Waals surface area contributed by atoms with Crippen LogP contribution >= 0.6 is 0 Å². The van der Waals surface area contributed by atoms with E-state index < -0.39 is 11.5 Å². The third kappa shape index (κ3) is 5.13. The number of nitrogens with one attached hydrogen (secondary N) is 1. The molecule has 1 heterocycles. The lowest BCUT2D eigenvalue weighted by Gasteiger charge is -2.34.